The van der Waals surface area contributed by atoms with Gasteiger partial charge in [0.25, 0.3) is 5.91 Å². The molecule has 1 aromatic rings. The highest BCUT2D eigenvalue weighted by molar-refractivity contribution is 5.94. The number of ether oxygens (including phenoxy) is 1. The van der Waals surface area contributed by atoms with Crippen LogP contribution in [0.15, 0.2) is 24.3 Å². The van der Waals surface area contributed by atoms with Gasteiger partial charge in [-0.1, -0.05) is 13.8 Å². The first kappa shape index (κ1) is 19.1. The fourth-order valence-electron chi connectivity index (χ4n) is 2.72. The monoisotopic (exact) mass is 347 g/mol. The summed E-state index contributed by atoms with van der Waals surface area (Å²) < 4.78 is 5.25. The van der Waals surface area contributed by atoms with E-state index in [-0.39, 0.29) is 18.0 Å². The number of rotatable bonds is 5. The molecule has 2 rings (SSSR count). The zero-order chi connectivity index (χ0) is 18.4. The molecule has 138 valence electrons. The maximum atomic E-state index is 12.4. The number of nitrogens with one attached hydrogen (secondary N) is 1. The molecular formula is C19H29N3O3. The fraction of sp³-hybridized carbons (Fsp3) is 0.579. The molecule has 0 radical (unpaired) electrons. The molecule has 0 aromatic heterocycles. The van der Waals surface area contributed by atoms with E-state index in [9.17, 15) is 9.59 Å². The zero-order valence-electron chi connectivity index (χ0n) is 15.6. The number of likely N-dealkylation sites (tertiary alicyclic amines) is 1. The maximum absolute atomic E-state index is 12.4. The number of benzene rings is 1. The Morgan fingerprint density at radius 1 is 1.20 bits per heavy atom. The van der Waals surface area contributed by atoms with Gasteiger partial charge in [0.15, 0.2) is 0 Å². The van der Waals surface area contributed by atoms with Crippen molar-refractivity contribution in [3.8, 4) is 0 Å². The Kier molecular flexibility index (Phi) is 6.67. The van der Waals surface area contributed by atoms with Gasteiger partial charge in [-0.05, 0) is 43.0 Å². The third-order valence-corrected chi connectivity index (χ3v) is 4.27. The van der Waals surface area contributed by atoms with Crippen LogP contribution in [0.4, 0.5) is 10.5 Å². The second-order valence-corrected chi connectivity index (χ2v) is 7.15. The highest BCUT2D eigenvalue weighted by atomic mass is 16.6. The van der Waals surface area contributed by atoms with E-state index in [1.807, 2.05) is 57.1 Å². The van der Waals surface area contributed by atoms with Gasteiger partial charge in [-0.2, -0.15) is 0 Å². The number of hydrogen-bond acceptors (Lipinski definition) is 4. The lowest BCUT2D eigenvalue weighted by molar-refractivity contribution is 0.0785. The van der Waals surface area contributed by atoms with Crippen LogP contribution >= 0.6 is 0 Å². The molecule has 0 aliphatic carbocycles. The molecular weight excluding hydrogens is 318 g/mol. The van der Waals surface area contributed by atoms with Crippen LogP contribution < -0.4 is 10.2 Å². The molecule has 2 amide bonds. The molecule has 6 nitrogen and oxygen atoms in total. The molecule has 1 heterocycles. The Morgan fingerprint density at radius 3 is 2.32 bits per heavy atom. The van der Waals surface area contributed by atoms with Crippen molar-refractivity contribution in [1.29, 1.82) is 0 Å². The molecule has 0 spiro atoms. The van der Waals surface area contributed by atoms with Crippen molar-refractivity contribution in [2.75, 3.05) is 38.7 Å². The largest absolute Gasteiger partial charge is 0.449 e. The number of nitrogens with zero attached hydrogens (tertiary/aromatic N) is 2. The highest BCUT2D eigenvalue weighted by Gasteiger charge is 2.25. The van der Waals surface area contributed by atoms with Crippen molar-refractivity contribution in [2.24, 2.45) is 5.92 Å². The van der Waals surface area contributed by atoms with Gasteiger partial charge in [0.1, 0.15) is 0 Å². The van der Waals surface area contributed by atoms with Gasteiger partial charge in [-0.25, -0.2) is 4.79 Å². The van der Waals surface area contributed by atoms with Crippen molar-refractivity contribution < 1.29 is 14.3 Å². The number of carbonyl (C=O) groups excluding carboxylic acids is 2. The SMILES string of the molecule is CC(C)COC(=O)N1CCC(NC(=O)c2ccc(N(C)C)cc2)CC1. The Balaban J connectivity index is 1.79. The molecule has 1 saturated heterocycles. The summed E-state index contributed by atoms with van der Waals surface area (Å²) in [5.74, 6) is 0.269. The highest BCUT2D eigenvalue weighted by Crippen LogP contribution is 2.15. The van der Waals surface area contributed by atoms with Crippen LogP contribution in [0.25, 0.3) is 0 Å². The van der Waals surface area contributed by atoms with E-state index in [1.165, 1.54) is 0 Å². The molecule has 0 bridgehead atoms. The van der Waals surface area contributed by atoms with Crippen molar-refractivity contribution in [2.45, 2.75) is 32.7 Å². The molecule has 1 aliphatic rings. The van der Waals surface area contributed by atoms with E-state index in [2.05, 4.69) is 5.32 Å². The van der Waals surface area contributed by atoms with Crippen molar-refractivity contribution in [3.05, 3.63) is 29.8 Å². The summed E-state index contributed by atoms with van der Waals surface area (Å²) in [6, 6.07) is 7.63. The fourth-order valence-corrected chi connectivity index (χ4v) is 2.72. The minimum Gasteiger partial charge on any atom is -0.449 e. The third kappa shape index (κ3) is 5.66. The summed E-state index contributed by atoms with van der Waals surface area (Å²) in [5, 5.41) is 3.06. The summed E-state index contributed by atoms with van der Waals surface area (Å²) in [6.07, 6.45) is 1.24. The van der Waals surface area contributed by atoms with E-state index in [0.717, 1.165) is 18.5 Å². The smallest absolute Gasteiger partial charge is 0.409 e. The number of hydrogen-bond donors (Lipinski definition) is 1. The predicted octanol–water partition coefficient (Wildman–Crippen LogP) is 2.74. The van der Waals surface area contributed by atoms with E-state index >= 15 is 0 Å². The van der Waals surface area contributed by atoms with Gasteiger partial charge in [-0.3, -0.25) is 4.79 Å². The second-order valence-electron chi connectivity index (χ2n) is 7.15. The molecule has 6 heteroatoms. The maximum Gasteiger partial charge on any atom is 0.409 e. The van der Waals surface area contributed by atoms with E-state index in [0.29, 0.717) is 31.2 Å². The Hall–Kier alpha value is -2.24. The van der Waals surface area contributed by atoms with Gasteiger partial charge < -0.3 is 19.9 Å². The van der Waals surface area contributed by atoms with Crippen molar-refractivity contribution in [1.82, 2.24) is 10.2 Å². The van der Waals surface area contributed by atoms with Gasteiger partial charge in [-0.15, -0.1) is 0 Å². The van der Waals surface area contributed by atoms with E-state index in [4.69, 9.17) is 4.74 Å². The molecule has 0 atom stereocenters. The minimum absolute atomic E-state index is 0.0638. The van der Waals surface area contributed by atoms with E-state index in [1.54, 1.807) is 4.90 Å². The summed E-state index contributed by atoms with van der Waals surface area (Å²) >= 11 is 0. The van der Waals surface area contributed by atoms with Crippen LogP contribution in [0.1, 0.15) is 37.0 Å². The van der Waals surface area contributed by atoms with Crippen LogP contribution in [-0.4, -0.2) is 56.7 Å². The first-order valence-corrected chi connectivity index (χ1v) is 8.86. The summed E-state index contributed by atoms with van der Waals surface area (Å²) in [7, 11) is 3.93. The quantitative estimate of drug-likeness (QED) is 0.890. The number of anilines is 1. The van der Waals surface area contributed by atoms with Crippen molar-refractivity contribution >= 4 is 17.7 Å². The lowest BCUT2D eigenvalue weighted by Crippen LogP contribution is -2.46. The summed E-state index contributed by atoms with van der Waals surface area (Å²) in [4.78, 5) is 28.0. The molecule has 1 aliphatic heterocycles. The average molecular weight is 347 g/mol. The zero-order valence-corrected chi connectivity index (χ0v) is 15.6. The number of piperidine rings is 1. The van der Waals surface area contributed by atoms with Crippen LogP contribution in [0.3, 0.4) is 0 Å². The predicted molar refractivity (Wildman–Crippen MR) is 99.0 cm³/mol. The van der Waals surface area contributed by atoms with Gasteiger partial charge in [0.2, 0.25) is 0 Å². The van der Waals surface area contributed by atoms with Crippen LogP contribution in [0.5, 0.6) is 0 Å². The summed E-state index contributed by atoms with van der Waals surface area (Å²) in [6.45, 7) is 5.70. The minimum atomic E-state index is -0.252. The van der Waals surface area contributed by atoms with Gasteiger partial charge in [0.05, 0.1) is 6.61 Å². The molecule has 25 heavy (non-hydrogen) atoms. The van der Waals surface area contributed by atoms with Crippen LogP contribution in [-0.2, 0) is 4.74 Å². The molecule has 1 fully saturated rings. The standard InChI is InChI=1S/C19H29N3O3/c1-14(2)13-25-19(24)22-11-9-16(10-12-22)20-18(23)15-5-7-17(8-6-15)21(3)4/h5-8,14,16H,9-13H2,1-4H3,(H,20,23). The topological polar surface area (TPSA) is 61.9 Å². The van der Waals surface area contributed by atoms with Crippen LogP contribution in [0, 0.1) is 5.92 Å². The Morgan fingerprint density at radius 2 is 1.80 bits per heavy atom. The molecule has 0 saturated carbocycles. The molecule has 0 unspecified atom stereocenters. The first-order chi connectivity index (χ1) is 11.9. The van der Waals surface area contributed by atoms with Crippen molar-refractivity contribution in [3.63, 3.8) is 0 Å². The lowest BCUT2D eigenvalue weighted by atomic mass is 10.0. The number of carbonyl (C=O) groups is 2. The third-order valence-electron chi connectivity index (χ3n) is 4.27. The number of amides is 2. The second kappa shape index (κ2) is 8.74. The van der Waals surface area contributed by atoms with Crippen LogP contribution in [0.2, 0.25) is 0 Å². The van der Waals surface area contributed by atoms with Gasteiger partial charge >= 0.3 is 6.09 Å². The lowest BCUT2D eigenvalue weighted by Gasteiger charge is -2.31. The van der Waals surface area contributed by atoms with E-state index < -0.39 is 0 Å². The Bertz CT molecular complexity index is 576. The summed E-state index contributed by atoms with van der Waals surface area (Å²) in [5.41, 5.74) is 1.72. The average Bonchev–Trinajstić information content (AvgIpc) is 2.60. The Labute approximate surface area is 150 Å². The molecule has 1 aromatic carbocycles. The first-order valence-electron chi connectivity index (χ1n) is 8.86. The normalized spacial score (nSPS) is 15.2. The van der Waals surface area contributed by atoms with Gasteiger partial charge in [0, 0.05) is 44.5 Å². The molecule has 1 N–H and O–H groups in total.